The van der Waals surface area contributed by atoms with Gasteiger partial charge in [0.2, 0.25) is 12.4 Å². The summed E-state index contributed by atoms with van der Waals surface area (Å²) in [5.74, 6) is -0.395. The molecule has 7 heteroatoms. The summed E-state index contributed by atoms with van der Waals surface area (Å²) in [6.07, 6.45) is 4.95. The molecule has 0 fully saturated rings. The smallest absolute Gasteiger partial charge is 0.351 e. The Bertz CT molecular complexity index is 574. The van der Waals surface area contributed by atoms with Crippen LogP contribution in [-0.2, 0) is 16.0 Å². The number of nitrogens with zero attached hydrogens (tertiary/aromatic N) is 3. The average Bonchev–Trinajstić information content (AvgIpc) is 3.00. The largest absolute Gasteiger partial charge is 0.711 e. The molecular weight excluding hydrogens is 248 g/mol. The van der Waals surface area contributed by atoms with Gasteiger partial charge in [-0.15, -0.1) is 0 Å². The van der Waals surface area contributed by atoms with Crippen molar-refractivity contribution in [2.45, 2.75) is 26.3 Å². The van der Waals surface area contributed by atoms with Crippen molar-refractivity contribution in [3.8, 4) is 0 Å². The fourth-order valence-electron chi connectivity index (χ4n) is 1.98. The van der Waals surface area contributed by atoms with Gasteiger partial charge in [0.15, 0.2) is 0 Å². The van der Waals surface area contributed by atoms with Crippen molar-refractivity contribution in [3.63, 3.8) is 0 Å². The van der Waals surface area contributed by atoms with E-state index < -0.39 is 12.0 Å². The SMILES string of the molecule is COC(=O)[C@H](Cc1cnc[nH]1)n1c[n+]([O-])c(C)c1C. The molecule has 0 bridgehead atoms. The predicted octanol–water partition coefficient (Wildman–Crippen LogP) is 0.418. The van der Waals surface area contributed by atoms with E-state index in [1.54, 1.807) is 30.9 Å². The van der Waals surface area contributed by atoms with Gasteiger partial charge in [0, 0.05) is 32.2 Å². The minimum atomic E-state index is -0.584. The maximum atomic E-state index is 11.9. The average molecular weight is 264 g/mol. The summed E-state index contributed by atoms with van der Waals surface area (Å²) in [4.78, 5) is 18.8. The van der Waals surface area contributed by atoms with Crippen molar-refractivity contribution < 1.29 is 14.3 Å². The third-order valence-corrected chi connectivity index (χ3v) is 3.25. The Morgan fingerprint density at radius 3 is 2.84 bits per heavy atom. The highest BCUT2D eigenvalue weighted by molar-refractivity contribution is 5.74. The number of esters is 1. The van der Waals surface area contributed by atoms with Crippen molar-refractivity contribution in [1.29, 1.82) is 0 Å². The van der Waals surface area contributed by atoms with Crippen LogP contribution in [0.5, 0.6) is 0 Å². The molecular formula is C12H16N4O3. The fourth-order valence-corrected chi connectivity index (χ4v) is 1.98. The Labute approximate surface area is 110 Å². The number of ether oxygens (including phenoxy) is 1. The van der Waals surface area contributed by atoms with Crippen molar-refractivity contribution in [2.24, 2.45) is 0 Å². The van der Waals surface area contributed by atoms with Gasteiger partial charge < -0.3 is 14.9 Å². The Morgan fingerprint density at radius 1 is 1.63 bits per heavy atom. The van der Waals surface area contributed by atoms with Crippen LogP contribution >= 0.6 is 0 Å². The number of carbonyl (C=O) groups excluding carboxylic acids is 1. The molecule has 1 atom stereocenters. The summed E-state index contributed by atoms with van der Waals surface area (Å²) >= 11 is 0. The second kappa shape index (κ2) is 5.13. The molecule has 19 heavy (non-hydrogen) atoms. The van der Waals surface area contributed by atoms with Crippen LogP contribution in [0.4, 0.5) is 0 Å². The molecule has 0 spiro atoms. The van der Waals surface area contributed by atoms with Gasteiger partial charge in [-0.25, -0.2) is 19.1 Å². The number of rotatable bonds is 4. The molecule has 2 heterocycles. The van der Waals surface area contributed by atoms with E-state index in [2.05, 4.69) is 9.97 Å². The molecule has 1 N–H and O–H groups in total. The topological polar surface area (TPSA) is 86.8 Å². The summed E-state index contributed by atoms with van der Waals surface area (Å²) < 4.78 is 7.20. The summed E-state index contributed by atoms with van der Waals surface area (Å²) in [5.41, 5.74) is 2.11. The molecule has 0 saturated carbocycles. The normalized spacial score (nSPS) is 12.4. The second-order valence-electron chi connectivity index (χ2n) is 4.34. The van der Waals surface area contributed by atoms with Gasteiger partial charge in [0.05, 0.1) is 13.4 Å². The fraction of sp³-hybridized carbons (Fsp3) is 0.417. The molecule has 0 aliphatic rings. The molecule has 102 valence electrons. The van der Waals surface area contributed by atoms with Gasteiger partial charge in [-0.2, -0.15) is 0 Å². The van der Waals surface area contributed by atoms with Crippen LogP contribution in [0.1, 0.15) is 23.1 Å². The molecule has 0 aliphatic heterocycles. The van der Waals surface area contributed by atoms with E-state index in [9.17, 15) is 10.0 Å². The number of nitrogens with one attached hydrogen (secondary N) is 1. The first-order chi connectivity index (χ1) is 9.04. The van der Waals surface area contributed by atoms with Crippen molar-refractivity contribution in [3.05, 3.63) is 41.1 Å². The molecule has 2 rings (SSSR count). The van der Waals surface area contributed by atoms with E-state index in [0.29, 0.717) is 12.1 Å². The standard InChI is InChI=1S/C12H16N4O3/c1-8-9(2)16(18)7-15(8)11(12(17)19-3)4-10-5-13-6-14-10/h5-7,11H,4H2,1-3H3,(H,13,14)/t11-/m0/s1. The number of aromatic nitrogens is 4. The molecule has 0 radical (unpaired) electrons. The van der Waals surface area contributed by atoms with Crippen LogP contribution < -0.4 is 4.73 Å². The Hall–Kier alpha value is -2.31. The van der Waals surface area contributed by atoms with Crippen LogP contribution in [0.25, 0.3) is 0 Å². The lowest BCUT2D eigenvalue weighted by Gasteiger charge is -2.11. The maximum absolute atomic E-state index is 11.9. The second-order valence-corrected chi connectivity index (χ2v) is 4.34. The van der Waals surface area contributed by atoms with E-state index >= 15 is 0 Å². The summed E-state index contributed by atoms with van der Waals surface area (Å²) in [7, 11) is 1.33. The Balaban J connectivity index is 2.37. The lowest BCUT2D eigenvalue weighted by atomic mass is 10.1. The molecule has 0 aliphatic carbocycles. The van der Waals surface area contributed by atoms with Crippen LogP contribution in [0.15, 0.2) is 18.9 Å². The highest BCUT2D eigenvalue weighted by atomic mass is 16.5. The molecule has 2 aromatic heterocycles. The molecule has 2 aromatic rings. The zero-order valence-electron chi connectivity index (χ0n) is 11.1. The first-order valence-electron chi connectivity index (χ1n) is 5.87. The van der Waals surface area contributed by atoms with Gasteiger partial charge in [-0.1, -0.05) is 0 Å². The molecule has 0 saturated heterocycles. The van der Waals surface area contributed by atoms with E-state index in [1.165, 1.54) is 13.4 Å². The van der Waals surface area contributed by atoms with Crippen LogP contribution in [0.3, 0.4) is 0 Å². The number of methoxy groups -OCH3 is 1. The Kier molecular flexibility index (Phi) is 3.55. The number of carbonyl (C=O) groups is 1. The summed E-state index contributed by atoms with van der Waals surface area (Å²) in [6.45, 7) is 3.51. The van der Waals surface area contributed by atoms with Crippen LogP contribution in [0, 0.1) is 19.1 Å². The van der Waals surface area contributed by atoms with E-state index in [1.807, 2.05) is 0 Å². The number of hydrogen-bond acceptors (Lipinski definition) is 4. The zero-order chi connectivity index (χ0) is 14.0. The van der Waals surface area contributed by atoms with E-state index in [0.717, 1.165) is 16.1 Å². The van der Waals surface area contributed by atoms with Gasteiger partial charge in [0.25, 0.3) is 0 Å². The monoisotopic (exact) mass is 264 g/mol. The van der Waals surface area contributed by atoms with Gasteiger partial charge in [-0.05, 0) is 0 Å². The molecule has 0 unspecified atom stereocenters. The van der Waals surface area contributed by atoms with Crippen LogP contribution in [0.2, 0.25) is 0 Å². The van der Waals surface area contributed by atoms with Crippen molar-refractivity contribution >= 4 is 5.97 Å². The summed E-state index contributed by atoms with van der Waals surface area (Å²) in [5, 5.41) is 11.6. The first kappa shape index (κ1) is 13.1. The van der Waals surface area contributed by atoms with E-state index in [4.69, 9.17) is 4.74 Å². The number of aromatic amines is 1. The third kappa shape index (κ3) is 2.44. The molecule has 0 amide bonds. The Morgan fingerprint density at radius 2 is 2.37 bits per heavy atom. The van der Waals surface area contributed by atoms with Crippen molar-refractivity contribution in [1.82, 2.24) is 14.5 Å². The number of hydrogen-bond donors (Lipinski definition) is 1. The number of imidazole rings is 2. The van der Waals surface area contributed by atoms with Crippen LogP contribution in [-0.4, -0.2) is 27.6 Å². The lowest BCUT2D eigenvalue weighted by Crippen LogP contribution is -2.28. The number of H-pyrrole nitrogens is 1. The van der Waals surface area contributed by atoms with Gasteiger partial charge in [0.1, 0.15) is 11.4 Å². The predicted molar refractivity (Wildman–Crippen MR) is 66.2 cm³/mol. The molecule has 0 aromatic carbocycles. The highest BCUT2D eigenvalue weighted by Gasteiger charge is 2.30. The quantitative estimate of drug-likeness (QED) is 0.492. The van der Waals surface area contributed by atoms with Crippen molar-refractivity contribution in [2.75, 3.05) is 7.11 Å². The first-order valence-corrected chi connectivity index (χ1v) is 5.87. The van der Waals surface area contributed by atoms with E-state index in [-0.39, 0.29) is 0 Å². The molecule has 7 nitrogen and oxygen atoms in total. The lowest BCUT2D eigenvalue weighted by molar-refractivity contribution is -0.611. The van der Waals surface area contributed by atoms with Gasteiger partial charge >= 0.3 is 5.97 Å². The van der Waals surface area contributed by atoms with Gasteiger partial charge in [-0.3, -0.25) is 0 Å². The zero-order valence-corrected chi connectivity index (χ0v) is 11.1. The third-order valence-electron chi connectivity index (χ3n) is 3.25. The maximum Gasteiger partial charge on any atom is 0.351 e. The minimum absolute atomic E-state index is 0.391. The minimum Gasteiger partial charge on any atom is -0.711 e. The highest BCUT2D eigenvalue weighted by Crippen LogP contribution is 2.18. The summed E-state index contributed by atoms with van der Waals surface area (Å²) in [6, 6.07) is -0.584.